The Kier molecular flexibility index (Phi) is 4.55. The summed E-state index contributed by atoms with van der Waals surface area (Å²) in [6.07, 6.45) is 0.749. The third-order valence-electron chi connectivity index (χ3n) is 2.89. The van der Waals surface area contributed by atoms with E-state index in [-0.39, 0.29) is 6.42 Å². The maximum atomic E-state index is 10.6. The van der Waals surface area contributed by atoms with E-state index in [9.17, 15) is 4.79 Å². The number of aryl methyl sites for hydroxylation is 2. The van der Waals surface area contributed by atoms with Gasteiger partial charge in [-0.2, -0.15) is 0 Å². The normalized spacial score (nSPS) is 10.6. The van der Waals surface area contributed by atoms with Crippen LogP contribution in [0.1, 0.15) is 42.9 Å². The molecule has 17 heavy (non-hydrogen) atoms. The van der Waals surface area contributed by atoms with E-state index in [0.29, 0.717) is 12.3 Å². The summed E-state index contributed by atoms with van der Waals surface area (Å²) in [6.45, 7) is 6.19. The second-order valence-electron chi connectivity index (χ2n) is 4.57. The van der Waals surface area contributed by atoms with E-state index in [0.717, 1.165) is 16.9 Å². The molecule has 0 heterocycles. The zero-order valence-corrected chi connectivity index (χ0v) is 10.9. The second-order valence-corrected chi connectivity index (χ2v) is 4.57. The summed E-state index contributed by atoms with van der Waals surface area (Å²) in [4.78, 5) is 10.6. The van der Waals surface area contributed by atoms with Crippen LogP contribution in [0, 0.1) is 6.92 Å². The number of methoxy groups -OCH3 is 1. The smallest absolute Gasteiger partial charge is 0.303 e. The maximum Gasteiger partial charge on any atom is 0.303 e. The van der Waals surface area contributed by atoms with E-state index in [1.165, 1.54) is 5.56 Å². The van der Waals surface area contributed by atoms with Crippen LogP contribution in [-0.4, -0.2) is 18.2 Å². The van der Waals surface area contributed by atoms with Gasteiger partial charge in [0.05, 0.1) is 7.11 Å². The van der Waals surface area contributed by atoms with E-state index >= 15 is 0 Å². The molecule has 3 heteroatoms. The molecular weight excluding hydrogens is 216 g/mol. The van der Waals surface area contributed by atoms with Crippen molar-refractivity contribution in [2.75, 3.05) is 7.11 Å². The molecule has 0 aliphatic rings. The van der Waals surface area contributed by atoms with Crippen LogP contribution >= 0.6 is 0 Å². The summed E-state index contributed by atoms with van der Waals surface area (Å²) in [5.74, 6) is 0.481. The van der Waals surface area contributed by atoms with Crippen LogP contribution in [0.5, 0.6) is 5.75 Å². The van der Waals surface area contributed by atoms with Gasteiger partial charge in [-0.05, 0) is 42.0 Å². The Morgan fingerprint density at radius 3 is 2.53 bits per heavy atom. The first-order chi connectivity index (χ1) is 7.95. The lowest BCUT2D eigenvalue weighted by molar-refractivity contribution is -0.136. The highest BCUT2D eigenvalue weighted by Gasteiger charge is 2.12. The summed E-state index contributed by atoms with van der Waals surface area (Å²) < 4.78 is 5.30. The molecular formula is C14H20O3. The summed E-state index contributed by atoms with van der Waals surface area (Å²) in [5, 5.41) is 8.75. The zero-order valence-electron chi connectivity index (χ0n) is 10.9. The number of carboxylic acids is 1. The van der Waals surface area contributed by atoms with Crippen LogP contribution in [0.15, 0.2) is 12.1 Å². The molecule has 0 fully saturated rings. The fourth-order valence-electron chi connectivity index (χ4n) is 1.98. The molecule has 0 bridgehead atoms. The Labute approximate surface area is 102 Å². The Hall–Kier alpha value is -1.51. The van der Waals surface area contributed by atoms with Crippen LogP contribution in [0.2, 0.25) is 0 Å². The first-order valence-corrected chi connectivity index (χ1v) is 5.85. The number of hydrogen-bond acceptors (Lipinski definition) is 2. The van der Waals surface area contributed by atoms with Crippen LogP contribution in [0.4, 0.5) is 0 Å². The number of carbonyl (C=O) groups is 1. The molecule has 0 spiro atoms. The van der Waals surface area contributed by atoms with Crippen molar-refractivity contribution in [3.63, 3.8) is 0 Å². The first-order valence-electron chi connectivity index (χ1n) is 5.85. The number of ether oxygens (including phenoxy) is 1. The van der Waals surface area contributed by atoms with Crippen molar-refractivity contribution in [1.29, 1.82) is 0 Å². The molecule has 0 unspecified atom stereocenters. The molecule has 1 N–H and O–H groups in total. The summed E-state index contributed by atoms with van der Waals surface area (Å²) in [6, 6.07) is 4.06. The number of benzene rings is 1. The molecule has 0 aliphatic heterocycles. The first kappa shape index (κ1) is 13.6. The molecule has 1 aromatic rings. The van der Waals surface area contributed by atoms with E-state index in [2.05, 4.69) is 13.8 Å². The third-order valence-corrected chi connectivity index (χ3v) is 2.89. The van der Waals surface area contributed by atoms with Gasteiger partial charge in [-0.1, -0.05) is 19.9 Å². The molecule has 0 atom stereocenters. The average molecular weight is 236 g/mol. The van der Waals surface area contributed by atoms with Crippen LogP contribution in [-0.2, 0) is 11.2 Å². The molecule has 0 saturated carbocycles. The Bertz CT molecular complexity index is 408. The Balaban J connectivity index is 3.09. The Morgan fingerprint density at radius 2 is 2.06 bits per heavy atom. The molecule has 0 radical (unpaired) electrons. The Morgan fingerprint density at radius 1 is 1.41 bits per heavy atom. The van der Waals surface area contributed by atoms with E-state index in [4.69, 9.17) is 9.84 Å². The predicted molar refractivity (Wildman–Crippen MR) is 67.8 cm³/mol. The average Bonchev–Trinajstić information content (AvgIpc) is 2.25. The van der Waals surface area contributed by atoms with Crippen LogP contribution < -0.4 is 4.74 Å². The van der Waals surface area contributed by atoms with E-state index in [1.54, 1.807) is 7.11 Å². The maximum absolute atomic E-state index is 10.6. The molecule has 3 nitrogen and oxygen atoms in total. The third kappa shape index (κ3) is 3.48. The second kappa shape index (κ2) is 5.71. The van der Waals surface area contributed by atoms with Gasteiger partial charge in [0.15, 0.2) is 0 Å². The SMILES string of the molecule is COc1cc(C(C)C)c(CCC(=O)O)cc1C. The molecule has 1 aromatic carbocycles. The molecule has 0 saturated heterocycles. The standard InChI is InChI=1S/C14H20O3/c1-9(2)12-8-13(17-4)10(3)7-11(12)5-6-14(15)16/h7-9H,5-6H2,1-4H3,(H,15,16). The van der Waals surface area contributed by atoms with E-state index < -0.39 is 5.97 Å². The van der Waals surface area contributed by atoms with Crippen molar-refractivity contribution >= 4 is 5.97 Å². The van der Waals surface area contributed by atoms with Crippen LogP contribution in [0.25, 0.3) is 0 Å². The van der Waals surface area contributed by atoms with Crippen molar-refractivity contribution in [3.8, 4) is 5.75 Å². The quantitative estimate of drug-likeness (QED) is 0.854. The monoisotopic (exact) mass is 236 g/mol. The van der Waals surface area contributed by atoms with Gasteiger partial charge in [-0.25, -0.2) is 0 Å². The summed E-state index contributed by atoms with van der Waals surface area (Å²) in [5.41, 5.74) is 3.34. The highest BCUT2D eigenvalue weighted by Crippen LogP contribution is 2.28. The van der Waals surface area contributed by atoms with Gasteiger partial charge in [-0.3, -0.25) is 4.79 Å². The van der Waals surface area contributed by atoms with Gasteiger partial charge in [0, 0.05) is 6.42 Å². The number of rotatable bonds is 5. The fourth-order valence-corrected chi connectivity index (χ4v) is 1.98. The summed E-state index contributed by atoms with van der Waals surface area (Å²) in [7, 11) is 1.66. The lowest BCUT2D eigenvalue weighted by atomic mass is 9.92. The van der Waals surface area contributed by atoms with Crippen LogP contribution in [0.3, 0.4) is 0 Å². The fraction of sp³-hybridized carbons (Fsp3) is 0.500. The zero-order chi connectivity index (χ0) is 13.0. The lowest BCUT2D eigenvalue weighted by Crippen LogP contribution is -2.03. The topological polar surface area (TPSA) is 46.5 Å². The molecule has 94 valence electrons. The summed E-state index contributed by atoms with van der Waals surface area (Å²) >= 11 is 0. The highest BCUT2D eigenvalue weighted by atomic mass is 16.5. The van der Waals surface area contributed by atoms with Gasteiger partial charge < -0.3 is 9.84 Å². The van der Waals surface area contributed by atoms with Gasteiger partial charge in [0.2, 0.25) is 0 Å². The number of hydrogen-bond donors (Lipinski definition) is 1. The minimum Gasteiger partial charge on any atom is -0.496 e. The van der Waals surface area contributed by atoms with Gasteiger partial charge in [-0.15, -0.1) is 0 Å². The number of aliphatic carboxylic acids is 1. The van der Waals surface area contributed by atoms with Crippen molar-refractivity contribution in [2.45, 2.75) is 39.5 Å². The highest BCUT2D eigenvalue weighted by molar-refractivity contribution is 5.67. The molecule has 0 aliphatic carbocycles. The largest absolute Gasteiger partial charge is 0.496 e. The lowest BCUT2D eigenvalue weighted by Gasteiger charge is -2.16. The molecule has 0 aromatic heterocycles. The van der Waals surface area contributed by atoms with Gasteiger partial charge >= 0.3 is 5.97 Å². The predicted octanol–water partition coefficient (Wildman–Crippen LogP) is 3.14. The minimum atomic E-state index is -0.756. The van der Waals surface area contributed by atoms with Gasteiger partial charge in [0.25, 0.3) is 0 Å². The molecule has 0 amide bonds. The van der Waals surface area contributed by atoms with Gasteiger partial charge in [0.1, 0.15) is 5.75 Å². The van der Waals surface area contributed by atoms with Crippen molar-refractivity contribution in [1.82, 2.24) is 0 Å². The van der Waals surface area contributed by atoms with Crippen molar-refractivity contribution in [3.05, 3.63) is 28.8 Å². The van der Waals surface area contributed by atoms with E-state index in [1.807, 2.05) is 19.1 Å². The minimum absolute atomic E-state index is 0.172. The van der Waals surface area contributed by atoms with Crippen molar-refractivity contribution < 1.29 is 14.6 Å². The molecule has 1 rings (SSSR count). The number of carboxylic acid groups (broad SMARTS) is 1. The van der Waals surface area contributed by atoms with Crippen molar-refractivity contribution in [2.24, 2.45) is 0 Å².